The third-order valence-corrected chi connectivity index (χ3v) is 5.98. The maximum atomic E-state index is 13.3. The van der Waals surface area contributed by atoms with Crippen LogP contribution in [-0.4, -0.2) is 67.2 Å². The summed E-state index contributed by atoms with van der Waals surface area (Å²) in [6.45, 7) is 4.68. The summed E-state index contributed by atoms with van der Waals surface area (Å²) in [4.78, 5) is 39.6. The van der Waals surface area contributed by atoms with Crippen molar-refractivity contribution < 1.29 is 23.9 Å². The van der Waals surface area contributed by atoms with E-state index in [0.717, 1.165) is 6.42 Å². The zero-order chi connectivity index (χ0) is 19.5. The van der Waals surface area contributed by atoms with Gasteiger partial charge in [-0.2, -0.15) is 0 Å². The van der Waals surface area contributed by atoms with E-state index in [4.69, 9.17) is 15.2 Å². The Kier molecular flexibility index (Phi) is 4.04. The average Bonchev–Trinajstić information content (AvgIpc) is 3.24. The average molecular weight is 376 g/mol. The second-order valence-corrected chi connectivity index (χ2v) is 7.35. The molecule has 2 saturated heterocycles. The van der Waals surface area contributed by atoms with Crippen LogP contribution in [0.25, 0.3) is 0 Å². The first-order valence-corrected chi connectivity index (χ1v) is 9.17. The molecule has 9 nitrogen and oxygen atoms in total. The number of ketones is 2. The molecule has 0 unspecified atom stereocenters. The largest absolute Gasteiger partial charge is 0.449 e. The van der Waals surface area contributed by atoms with Crippen molar-refractivity contribution >= 4 is 17.7 Å². The smallest absolute Gasteiger partial charge is 0.404 e. The Morgan fingerprint density at radius 1 is 1.41 bits per heavy atom. The van der Waals surface area contributed by atoms with Crippen LogP contribution in [0.2, 0.25) is 0 Å². The van der Waals surface area contributed by atoms with Gasteiger partial charge in [0, 0.05) is 37.4 Å². The van der Waals surface area contributed by atoms with E-state index in [1.165, 1.54) is 0 Å². The zero-order valence-corrected chi connectivity index (χ0v) is 15.6. The van der Waals surface area contributed by atoms with Crippen molar-refractivity contribution in [2.75, 3.05) is 26.8 Å². The van der Waals surface area contributed by atoms with Crippen molar-refractivity contribution in [2.45, 2.75) is 38.1 Å². The number of nitrogens with one attached hydrogen (secondary N) is 2. The van der Waals surface area contributed by atoms with Gasteiger partial charge >= 0.3 is 6.09 Å². The monoisotopic (exact) mass is 376 g/mol. The topological polar surface area (TPSA) is 133 Å². The number of hydrogen-bond acceptors (Lipinski definition) is 8. The molecule has 4 rings (SSSR count). The molecule has 0 aromatic carbocycles. The molecular formula is C18H24N4O5. The number of primary amides is 1. The lowest BCUT2D eigenvalue weighted by Crippen LogP contribution is -2.55. The molecule has 0 aromatic heterocycles. The van der Waals surface area contributed by atoms with E-state index in [1.54, 1.807) is 14.0 Å². The maximum absolute atomic E-state index is 13.3. The van der Waals surface area contributed by atoms with E-state index < -0.39 is 17.7 Å². The Labute approximate surface area is 156 Å². The molecule has 9 heteroatoms. The molecule has 0 radical (unpaired) electrons. The maximum Gasteiger partial charge on any atom is 0.404 e. The SMILES string of the molecule is CCCNC1=C(C)C(=O)C2=C(C1=O)[C@@H](COC(N)=O)[C@@]1(OC)[C@H]3N[C@H]3CN21. The number of ether oxygens (including phenoxy) is 2. The van der Waals surface area contributed by atoms with E-state index in [1.807, 2.05) is 11.8 Å². The Morgan fingerprint density at radius 2 is 2.15 bits per heavy atom. The Hall–Kier alpha value is -2.39. The van der Waals surface area contributed by atoms with Crippen molar-refractivity contribution in [3.63, 3.8) is 0 Å². The van der Waals surface area contributed by atoms with Gasteiger partial charge in [-0.15, -0.1) is 0 Å². The van der Waals surface area contributed by atoms with Crippen molar-refractivity contribution in [1.29, 1.82) is 0 Å². The molecule has 146 valence electrons. The highest BCUT2D eigenvalue weighted by atomic mass is 16.6. The number of carbonyl (C=O) groups excluding carboxylic acids is 3. The highest BCUT2D eigenvalue weighted by Gasteiger charge is 2.72. The molecule has 1 amide bonds. The van der Waals surface area contributed by atoms with Crippen LogP contribution in [0.1, 0.15) is 20.3 Å². The summed E-state index contributed by atoms with van der Waals surface area (Å²) >= 11 is 0. The van der Waals surface area contributed by atoms with Crippen LogP contribution >= 0.6 is 0 Å². The number of carbonyl (C=O) groups is 3. The Bertz CT molecular complexity index is 804. The minimum absolute atomic E-state index is 0.0393. The number of amides is 1. The molecular weight excluding hydrogens is 352 g/mol. The van der Waals surface area contributed by atoms with Gasteiger partial charge in [0.2, 0.25) is 11.6 Å². The number of allylic oxidation sites excluding steroid dienone is 2. The first kappa shape index (κ1) is 18.0. The summed E-state index contributed by atoms with van der Waals surface area (Å²) in [6, 6.07) is 0.143. The minimum Gasteiger partial charge on any atom is -0.449 e. The van der Waals surface area contributed by atoms with E-state index in [9.17, 15) is 14.4 Å². The summed E-state index contributed by atoms with van der Waals surface area (Å²) in [5.41, 5.74) is 5.67. The number of nitrogens with two attached hydrogens (primary N) is 1. The summed E-state index contributed by atoms with van der Waals surface area (Å²) < 4.78 is 11.0. The molecule has 4 atom stereocenters. The number of Topliss-reactive ketones (excluding diaryl/α,β-unsaturated/α-hetero) is 2. The molecule has 0 aromatic rings. The van der Waals surface area contributed by atoms with Gasteiger partial charge in [0.1, 0.15) is 6.61 Å². The standard InChI is InChI=1S/C18H24N4O5/c1-4-5-20-12-8(2)14(23)13-11(15(12)24)9(7-27-17(19)25)18(26-3)16-10(21-16)6-22(13)18/h9-10,16,20-21H,4-7H2,1-3H3,(H2,19,25)/t9-,10+,16+,18-/m1/s1. The van der Waals surface area contributed by atoms with Crippen molar-refractivity contribution in [1.82, 2.24) is 15.5 Å². The van der Waals surface area contributed by atoms with Crippen LogP contribution in [-0.2, 0) is 19.1 Å². The molecule has 4 aliphatic rings. The lowest BCUT2D eigenvalue weighted by molar-refractivity contribution is -0.137. The van der Waals surface area contributed by atoms with Gasteiger partial charge in [-0.25, -0.2) is 4.79 Å². The van der Waals surface area contributed by atoms with Crippen LogP contribution in [0.15, 0.2) is 22.5 Å². The van der Waals surface area contributed by atoms with Crippen LogP contribution in [0.5, 0.6) is 0 Å². The van der Waals surface area contributed by atoms with E-state index in [2.05, 4.69) is 10.6 Å². The number of piperazine rings is 1. The van der Waals surface area contributed by atoms with E-state index in [0.29, 0.717) is 35.6 Å². The summed E-state index contributed by atoms with van der Waals surface area (Å²) in [5, 5.41) is 6.41. The van der Waals surface area contributed by atoms with Crippen LogP contribution in [0.4, 0.5) is 4.79 Å². The molecule has 1 aliphatic carbocycles. The lowest BCUT2D eigenvalue weighted by Gasteiger charge is -2.39. The van der Waals surface area contributed by atoms with Gasteiger partial charge in [0.05, 0.1) is 23.4 Å². The number of fused-ring (bicyclic) bond motifs is 4. The van der Waals surface area contributed by atoms with Gasteiger partial charge in [-0.1, -0.05) is 6.92 Å². The third-order valence-electron chi connectivity index (χ3n) is 5.98. The Morgan fingerprint density at radius 3 is 2.78 bits per heavy atom. The highest BCUT2D eigenvalue weighted by Crippen LogP contribution is 2.55. The van der Waals surface area contributed by atoms with Gasteiger partial charge < -0.3 is 30.7 Å². The molecule has 27 heavy (non-hydrogen) atoms. The van der Waals surface area contributed by atoms with Crippen molar-refractivity contribution in [3.8, 4) is 0 Å². The van der Waals surface area contributed by atoms with Gasteiger partial charge in [0.25, 0.3) is 0 Å². The fraction of sp³-hybridized carbons (Fsp3) is 0.611. The van der Waals surface area contributed by atoms with E-state index in [-0.39, 0.29) is 30.3 Å². The van der Waals surface area contributed by atoms with Gasteiger partial charge in [-0.3, -0.25) is 9.59 Å². The number of methoxy groups -OCH3 is 1. The molecule has 4 N–H and O–H groups in total. The minimum atomic E-state index is -0.934. The molecule has 0 bridgehead atoms. The molecule has 0 spiro atoms. The highest BCUT2D eigenvalue weighted by molar-refractivity contribution is 6.25. The van der Waals surface area contributed by atoms with Crippen LogP contribution < -0.4 is 16.4 Å². The number of rotatable bonds is 6. The van der Waals surface area contributed by atoms with Crippen molar-refractivity contribution in [2.24, 2.45) is 11.7 Å². The third kappa shape index (κ3) is 2.28. The summed E-state index contributed by atoms with van der Waals surface area (Å²) in [7, 11) is 1.55. The normalized spacial score (nSPS) is 33.9. The first-order valence-electron chi connectivity index (χ1n) is 9.17. The summed E-state index contributed by atoms with van der Waals surface area (Å²) in [6.07, 6.45) is -0.106. The molecule has 0 saturated carbocycles. The fourth-order valence-corrected chi connectivity index (χ4v) is 4.75. The van der Waals surface area contributed by atoms with Crippen LogP contribution in [0, 0.1) is 5.92 Å². The van der Waals surface area contributed by atoms with Gasteiger partial charge in [0.15, 0.2) is 5.72 Å². The molecule has 3 heterocycles. The lowest BCUT2D eigenvalue weighted by atomic mass is 9.82. The second-order valence-electron chi connectivity index (χ2n) is 7.35. The zero-order valence-electron chi connectivity index (χ0n) is 15.6. The molecule has 2 fully saturated rings. The van der Waals surface area contributed by atoms with Crippen molar-refractivity contribution in [3.05, 3.63) is 22.5 Å². The quantitative estimate of drug-likeness (QED) is 0.413. The van der Waals surface area contributed by atoms with E-state index >= 15 is 0 Å². The first-order chi connectivity index (χ1) is 12.9. The predicted octanol–water partition coefficient (Wildman–Crippen LogP) is -0.610. The Balaban J connectivity index is 1.79. The number of nitrogens with zero attached hydrogens (tertiary/aromatic N) is 1. The summed E-state index contributed by atoms with van der Waals surface area (Å²) in [5.74, 6) is -1.03. The molecule has 3 aliphatic heterocycles. The number of hydrogen-bond donors (Lipinski definition) is 3. The van der Waals surface area contributed by atoms with Gasteiger partial charge in [-0.05, 0) is 13.3 Å². The van der Waals surface area contributed by atoms with Crippen LogP contribution in [0.3, 0.4) is 0 Å². The second kappa shape index (κ2) is 6.07. The predicted molar refractivity (Wildman–Crippen MR) is 94.2 cm³/mol. The fourth-order valence-electron chi connectivity index (χ4n) is 4.75.